The van der Waals surface area contributed by atoms with Crippen molar-refractivity contribution in [1.29, 1.82) is 5.26 Å². The number of nitrogens with zero attached hydrogens (tertiary/aromatic N) is 2. The van der Waals surface area contributed by atoms with Crippen molar-refractivity contribution < 1.29 is 9.84 Å². The van der Waals surface area contributed by atoms with Crippen molar-refractivity contribution in [2.24, 2.45) is 5.92 Å². The zero-order valence-electron chi connectivity index (χ0n) is 15.9. The molecule has 1 saturated carbocycles. The number of ether oxygens (including phenoxy) is 1. The molecule has 2 aromatic rings. The quantitative estimate of drug-likeness (QED) is 0.787. The molecule has 0 saturated heterocycles. The second-order valence-corrected chi connectivity index (χ2v) is 8.40. The Morgan fingerprint density at radius 2 is 2.18 bits per heavy atom. The fourth-order valence-corrected chi connectivity index (χ4v) is 4.60. The van der Waals surface area contributed by atoms with E-state index < -0.39 is 0 Å². The number of fused-ring (bicyclic) bond motifs is 1. The monoisotopic (exact) mass is 390 g/mol. The molecular weight excluding hydrogens is 368 g/mol. The number of nitriles is 1. The van der Waals surface area contributed by atoms with Gasteiger partial charge in [0.25, 0.3) is 0 Å². The lowest BCUT2D eigenvalue weighted by Gasteiger charge is -2.11. The van der Waals surface area contributed by atoms with E-state index >= 15 is 0 Å². The molecule has 1 fully saturated rings. The Labute approximate surface area is 169 Å². The number of hydrogen-bond donors (Lipinski definition) is 1. The van der Waals surface area contributed by atoms with Crippen LogP contribution in [0.5, 0.6) is 5.75 Å². The van der Waals surface area contributed by atoms with Crippen LogP contribution in [-0.2, 0) is 0 Å². The number of aliphatic hydroxyl groups excluding tert-OH is 1. The van der Waals surface area contributed by atoms with Gasteiger partial charge >= 0.3 is 0 Å². The van der Waals surface area contributed by atoms with Crippen molar-refractivity contribution >= 4 is 16.9 Å². The SMILES string of the molecule is CC(C)Oc1ccc(-c2cnc(C3=CC4CCC(O)C4=CC=C3)s2)cc1C#N. The molecule has 142 valence electrons. The van der Waals surface area contributed by atoms with Gasteiger partial charge in [-0.15, -0.1) is 11.3 Å². The Balaban J connectivity index is 1.62. The van der Waals surface area contributed by atoms with Crippen LogP contribution in [-0.4, -0.2) is 22.3 Å². The topological polar surface area (TPSA) is 66.1 Å². The van der Waals surface area contributed by atoms with Gasteiger partial charge in [0.05, 0.1) is 22.6 Å². The number of thiazole rings is 1. The molecule has 0 radical (unpaired) electrons. The third kappa shape index (κ3) is 3.66. The van der Waals surface area contributed by atoms with Crippen LogP contribution in [0.4, 0.5) is 0 Å². The molecule has 1 aromatic carbocycles. The molecule has 0 spiro atoms. The van der Waals surface area contributed by atoms with Crippen molar-refractivity contribution in [2.45, 2.75) is 38.9 Å². The summed E-state index contributed by atoms with van der Waals surface area (Å²) in [7, 11) is 0. The van der Waals surface area contributed by atoms with Crippen LogP contribution in [0.3, 0.4) is 0 Å². The second kappa shape index (κ2) is 7.75. The predicted octanol–water partition coefficient (Wildman–Crippen LogP) is 5.12. The van der Waals surface area contributed by atoms with E-state index in [0.29, 0.717) is 11.3 Å². The highest BCUT2D eigenvalue weighted by Crippen LogP contribution is 2.38. The Hall–Kier alpha value is -2.68. The first-order valence-electron chi connectivity index (χ1n) is 9.50. The number of benzene rings is 1. The van der Waals surface area contributed by atoms with Crippen LogP contribution in [0.15, 0.2) is 54.3 Å². The summed E-state index contributed by atoms with van der Waals surface area (Å²) >= 11 is 1.61. The van der Waals surface area contributed by atoms with Crippen LogP contribution in [0.1, 0.15) is 37.3 Å². The molecule has 2 unspecified atom stereocenters. The van der Waals surface area contributed by atoms with E-state index in [4.69, 9.17) is 4.74 Å². The summed E-state index contributed by atoms with van der Waals surface area (Å²) < 4.78 is 5.71. The Morgan fingerprint density at radius 3 is 2.96 bits per heavy atom. The number of aromatic nitrogens is 1. The van der Waals surface area contributed by atoms with Crippen LogP contribution in [0, 0.1) is 17.2 Å². The van der Waals surface area contributed by atoms with Gasteiger partial charge in [0.2, 0.25) is 0 Å². The highest BCUT2D eigenvalue weighted by molar-refractivity contribution is 7.16. The highest BCUT2D eigenvalue weighted by Gasteiger charge is 2.28. The number of hydrogen-bond acceptors (Lipinski definition) is 5. The summed E-state index contributed by atoms with van der Waals surface area (Å²) in [6.45, 7) is 3.89. The minimum absolute atomic E-state index is 0.0227. The first-order valence-corrected chi connectivity index (χ1v) is 10.3. The van der Waals surface area contributed by atoms with Crippen molar-refractivity contribution in [1.82, 2.24) is 4.98 Å². The second-order valence-electron chi connectivity index (χ2n) is 7.37. The summed E-state index contributed by atoms with van der Waals surface area (Å²) in [5, 5.41) is 20.5. The van der Waals surface area contributed by atoms with Gasteiger partial charge in [0.1, 0.15) is 16.8 Å². The smallest absolute Gasteiger partial charge is 0.137 e. The third-order valence-corrected chi connectivity index (χ3v) is 6.10. The molecule has 1 N–H and O–H groups in total. The maximum Gasteiger partial charge on any atom is 0.137 e. The summed E-state index contributed by atoms with van der Waals surface area (Å²) in [4.78, 5) is 5.63. The number of rotatable bonds is 4. The molecule has 2 aliphatic rings. The standard InChI is InChI=1S/C23H22N2O2S/c1-14(2)27-21-9-7-16(11-18(21)12-24)22-13-25-23(28-22)17-4-3-5-19-15(10-17)6-8-20(19)26/h3-5,7,9-11,13-15,20,26H,6,8H2,1-2H3. The third-order valence-electron chi connectivity index (χ3n) is 5.01. The van der Waals surface area contributed by atoms with Gasteiger partial charge in [-0.05, 0) is 56.0 Å². The molecular formula is C23H22N2O2S. The molecule has 2 aliphatic carbocycles. The van der Waals surface area contributed by atoms with Crippen LogP contribution < -0.4 is 4.74 Å². The molecule has 28 heavy (non-hydrogen) atoms. The van der Waals surface area contributed by atoms with Crippen LogP contribution in [0.2, 0.25) is 0 Å². The maximum atomic E-state index is 10.1. The van der Waals surface area contributed by atoms with Gasteiger partial charge in [-0.1, -0.05) is 24.3 Å². The summed E-state index contributed by atoms with van der Waals surface area (Å²) in [6, 6.07) is 7.91. The van der Waals surface area contributed by atoms with E-state index in [2.05, 4.69) is 23.2 Å². The minimum Gasteiger partial charge on any atom is -0.490 e. The summed E-state index contributed by atoms with van der Waals surface area (Å²) in [5.74, 6) is 0.892. The minimum atomic E-state index is -0.326. The lowest BCUT2D eigenvalue weighted by molar-refractivity contribution is 0.217. The maximum absolute atomic E-state index is 10.1. The lowest BCUT2D eigenvalue weighted by Crippen LogP contribution is -2.06. The van der Waals surface area contributed by atoms with E-state index in [1.807, 2.05) is 50.4 Å². The van der Waals surface area contributed by atoms with Crippen LogP contribution in [0.25, 0.3) is 16.0 Å². The molecule has 0 amide bonds. The molecule has 4 rings (SSSR count). The van der Waals surface area contributed by atoms with Gasteiger partial charge < -0.3 is 9.84 Å². The zero-order chi connectivity index (χ0) is 19.7. The number of allylic oxidation sites excluding steroid dienone is 5. The Morgan fingerprint density at radius 1 is 1.32 bits per heavy atom. The number of aliphatic hydroxyl groups is 1. The van der Waals surface area contributed by atoms with Gasteiger partial charge in [0.15, 0.2) is 0 Å². The van der Waals surface area contributed by atoms with Gasteiger partial charge in [0, 0.05) is 17.7 Å². The lowest BCUT2D eigenvalue weighted by atomic mass is 10.0. The van der Waals surface area contributed by atoms with Gasteiger partial charge in [-0.3, -0.25) is 0 Å². The Kier molecular flexibility index (Phi) is 5.17. The molecule has 1 aromatic heterocycles. The fourth-order valence-electron chi connectivity index (χ4n) is 3.68. The molecule has 5 heteroatoms. The van der Waals surface area contributed by atoms with E-state index in [-0.39, 0.29) is 18.1 Å². The fraction of sp³-hybridized carbons (Fsp3) is 0.304. The first kappa shape index (κ1) is 18.7. The molecule has 2 atom stereocenters. The van der Waals surface area contributed by atoms with Crippen molar-refractivity contribution in [2.75, 3.05) is 0 Å². The summed E-state index contributed by atoms with van der Waals surface area (Å²) in [6.07, 6.45) is 11.7. The zero-order valence-corrected chi connectivity index (χ0v) is 16.7. The van der Waals surface area contributed by atoms with Crippen molar-refractivity contribution in [3.8, 4) is 22.3 Å². The van der Waals surface area contributed by atoms with Gasteiger partial charge in [-0.2, -0.15) is 5.26 Å². The predicted molar refractivity (Wildman–Crippen MR) is 112 cm³/mol. The average Bonchev–Trinajstić information content (AvgIpc) is 3.23. The van der Waals surface area contributed by atoms with E-state index in [1.165, 1.54) is 0 Å². The van der Waals surface area contributed by atoms with Crippen molar-refractivity contribution in [3.05, 3.63) is 64.8 Å². The largest absolute Gasteiger partial charge is 0.490 e. The van der Waals surface area contributed by atoms with E-state index in [0.717, 1.165) is 39.4 Å². The first-order chi connectivity index (χ1) is 13.5. The van der Waals surface area contributed by atoms with Crippen molar-refractivity contribution in [3.63, 3.8) is 0 Å². The van der Waals surface area contributed by atoms with E-state index in [1.54, 1.807) is 11.3 Å². The van der Waals surface area contributed by atoms with E-state index in [9.17, 15) is 10.4 Å². The molecule has 1 heterocycles. The average molecular weight is 391 g/mol. The highest BCUT2D eigenvalue weighted by atomic mass is 32.1. The normalized spacial score (nSPS) is 21.0. The molecule has 0 bridgehead atoms. The molecule has 0 aliphatic heterocycles. The summed E-state index contributed by atoms with van der Waals surface area (Å²) in [5.41, 5.74) is 3.68. The molecule has 4 nitrogen and oxygen atoms in total. The van der Waals surface area contributed by atoms with Crippen LogP contribution >= 0.6 is 11.3 Å². The Bertz CT molecular complexity index is 1020. The van der Waals surface area contributed by atoms with Gasteiger partial charge in [-0.25, -0.2) is 4.98 Å².